The first-order chi connectivity index (χ1) is 7.71. The second-order valence-corrected chi connectivity index (χ2v) is 3.44. The van der Waals surface area contributed by atoms with E-state index in [1.165, 1.54) is 0 Å². The highest BCUT2D eigenvalue weighted by Gasteiger charge is 2.34. The smallest absolute Gasteiger partial charge is 0.361 e. The second kappa shape index (κ2) is 4.62. The van der Waals surface area contributed by atoms with E-state index in [-0.39, 0.29) is 5.02 Å². The molecular weight excluding hydrogens is 261 g/mol. The fourth-order valence-corrected chi connectivity index (χ4v) is 1.22. The van der Waals surface area contributed by atoms with Gasteiger partial charge in [0.05, 0.1) is 11.3 Å². The standard InChI is InChI=1S/C9H6ClF3N2O2/c10-4-1-2-6(15-8(17)7(14)16)5(3-4)9(11,12)13/h1-3H,(H2,14,16)(H,15,17). The summed E-state index contributed by atoms with van der Waals surface area (Å²) in [5, 5.41) is 1.61. The van der Waals surface area contributed by atoms with Crippen molar-refractivity contribution < 1.29 is 22.8 Å². The number of hydrogen-bond donors (Lipinski definition) is 2. The number of halogens is 4. The summed E-state index contributed by atoms with van der Waals surface area (Å²) in [4.78, 5) is 21.3. The van der Waals surface area contributed by atoms with E-state index < -0.39 is 29.2 Å². The molecule has 1 aromatic carbocycles. The van der Waals surface area contributed by atoms with Crippen molar-refractivity contribution in [2.24, 2.45) is 5.73 Å². The fraction of sp³-hybridized carbons (Fsp3) is 0.111. The number of benzene rings is 1. The molecule has 0 saturated carbocycles. The SMILES string of the molecule is NC(=O)C(=O)Nc1ccc(Cl)cc1C(F)(F)F. The van der Waals surface area contributed by atoms with Crippen LogP contribution in [0.5, 0.6) is 0 Å². The number of hydrogen-bond acceptors (Lipinski definition) is 2. The number of primary amides is 1. The Labute approximate surface area is 98.5 Å². The van der Waals surface area contributed by atoms with Crippen molar-refractivity contribution in [3.63, 3.8) is 0 Å². The molecular formula is C9H6ClF3N2O2. The first-order valence-electron chi connectivity index (χ1n) is 4.19. The lowest BCUT2D eigenvalue weighted by atomic mass is 10.1. The lowest BCUT2D eigenvalue weighted by Gasteiger charge is -2.13. The highest BCUT2D eigenvalue weighted by molar-refractivity contribution is 6.39. The molecule has 0 aliphatic heterocycles. The van der Waals surface area contributed by atoms with Gasteiger partial charge in [-0.1, -0.05) is 11.6 Å². The first kappa shape index (κ1) is 13.3. The van der Waals surface area contributed by atoms with Gasteiger partial charge in [0.25, 0.3) is 0 Å². The minimum absolute atomic E-state index is 0.144. The Morgan fingerprint density at radius 3 is 2.35 bits per heavy atom. The average Bonchev–Trinajstić information content (AvgIpc) is 2.18. The molecule has 0 unspecified atom stereocenters. The normalized spacial score (nSPS) is 11.1. The van der Waals surface area contributed by atoms with Gasteiger partial charge in [0.1, 0.15) is 0 Å². The highest BCUT2D eigenvalue weighted by Crippen LogP contribution is 2.36. The number of amides is 2. The summed E-state index contributed by atoms with van der Waals surface area (Å²) < 4.78 is 37.7. The van der Waals surface area contributed by atoms with Gasteiger partial charge in [0, 0.05) is 5.02 Å². The molecule has 0 spiro atoms. The van der Waals surface area contributed by atoms with E-state index in [1.807, 2.05) is 0 Å². The van der Waals surface area contributed by atoms with Crippen LogP contribution in [0.3, 0.4) is 0 Å². The number of carbonyl (C=O) groups excluding carboxylic acids is 2. The Balaban J connectivity index is 3.16. The topological polar surface area (TPSA) is 72.2 Å². The van der Waals surface area contributed by atoms with Crippen molar-refractivity contribution in [1.29, 1.82) is 0 Å². The van der Waals surface area contributed by atoms with E-state index >= 15 is 0 Å². The van der Waals surface area contributed by atoms with Crippen LogP contribution in [0.15, 0.2) is 18.2 Å². The maximum absolute atomic E-state index is 12.6. The van der Waals surface area contributed by atoms with Crippen LogP contribution in [0.2, 0.25) is 5.02 Å². The zero-order valence-electron chi connectivity index (χ0n) is 8.14. The second-order valence-electron chi connectivity index (χ2n) is 3.01. The molecule has 3 N–H and O–H groups in total. The van der Waals surface area contributed by atoms with E-state index in [9.17, 15) is 22.8 Å². The largest absolute Gasteiger partial charge is 0.418 e. The number of nitrogens with one attached hydrogen (secondary N) is 1. The summed E-state index contributed by atoms with van der Waals surface area (Å²) in [5.74, 6) is -2.72. The summed E-state index contributed by atoms with van der Waals surface area (Å²) in [6.45, 7) is 0. The molecule has 1 rings (SSSR count). The third-order valence-electron chi connectivity index (χ3n) is 1.76. The Morgan fingerprint density at radius 1 is 1.29 bits per heavy atom. The van der Waals surface area contributed by atoms with Crippen LogP contribution in [-0.4, -0.2) is 11.8 Å². The predicted octanol–water partition coefficient (Wildman–Crippen LogP) is 1.78. The van der Waals surface area contributed by atoms with Gasteiger partial charge in [-0.15, -0.1) is 0 Å². The monoisotopic (exact) mass is 266 g/mol. The zero-order chi connectivity index (χ0) is 13.2. The number of alkyl halides is 3. The lowest BCUT2D eigenvalue weighted by Crippen LogP contribution is -2.30. The molecule has 4 nitrogen and oxygen atoms in total. The molecule has 0 fully saturated rings. The molecule has 17 heavy (non-hydrogen) atoms. The van der Waals surface area contributed by atoms with E-state index in [1.54, 1.807) is 5.32 Å². The Hall–Kier alpha value is -1.76. The molecule has 8 heteroatoms. The van der Waals surface area contributed by atoms with Crippen molar-refractivity contribution in [3.8, 4) is 0 Å². The van der Waals surface area contributed by atoms with Crippen LogP contribution in [-0.2, 0) is 15.8 Å². The van der Waals surface area contributed by atoms with Crippen molar-refractivity contribution in [1.82, 2.24) is 0 Å². The van der Waals surface area contributed by atoms with Gasteiger partial charge in [-0.2, -0.15) is 13.2 Å². The van der Waals surface area contributed by atoms with Gasteiger partial charge in [0.2, 0.25) is 0 Å². The van der Waals surface area contributed by atoms with Crippen LogP contribution in [0.1, 0.15) is 5.56 Å². The molecule has 0 aliphatic carbocycles. The molecule has 0 bridgehead atoms. The van der Waals surface area contributed by atoms with Crippen LogP contribution < -0.4 is 11.1 Å². The molecule has 0 aliphatic rings. The van der Waals surface area contributed by atoms with Gasteiger partial charge in [-0.3, -0.25) is 9.59 Å². The molecule has 0 heterocycles. The third kappa shape index (κ3) is 3.35. The molecule has 1 aromatic rings. The lowest BCUT2D eigenvalue weighted by molar-refractivity contribution is -0.137. The molecule has 0 radical (unpaired) electrons. The molecule has 0 aromatic heterocycles. The minimum Gasteiger partial charge on any atom is -0.361 e. The average molecular weight is 267 g/mol. The van der Waals surface area contributed by atoms with Crippen molar-refractivity contribution in [2.75, 3.05) is 5.32 Å². The third-order valence-corrected chi connectivity index (χ3v) is 1.99. The van der Waals surface area contributed by atoms with Gasteiger partial charge >= 0.3 is 18.0 Å². The van der Waals surface area contributed by atoms with Crippen molar-refractivity contribution >= 4 is 29.1 Å². The number of rotatable bonds is 1. The number of nitrogens with two attached hydrogens (primary N) is 1. The summed E-state index contributed by atoms with van der Waals surface area (Å²) >= 11 is 5.42. The van der Waals surface area contributed by atoms with E-state index in [2.05, 4.69) is 5.73 Å². The first-order valence-corrected chi connectivity index (χ1v) is 4.57. The molecule has 0 saturated heterocycles. The van der Waals surface area contributed by atoms with Crippen molar-refractivity contribution in [2.45, 2.75) is 6.18 Å². The Bertz CT molecular complexity index is 474. The number of carbonyl (C=O) groups is 2. The van der Waals surface area contributed by atoms with Crippen LogP contribution in [0.25, 0.3) is 0 Å². The molecule has 0 atom stereocenters. The quantitative estimate of drug-likeness (QED) is 0.761. The van der Waals surface area contributed by atoms with Crippen LogP contribution >= 0.6 is 11.6 Å². The summed E-state index contributed by atoms with van der Waals surface area (Å²) in [5.41, 5.74) is 2.88. The van der Waals surface area contributed by atoms with Gasteiger partial charge in [0.15, 0.2) is 0 Å². The van der Waals surface area contributed by atoms with E-state index in [0.717, 1.165) is 12.1 Å². The van der Waals surface area contributed by atoms with E-state index in [0.29, 0.717) is 6.07 Å². The highest BCUT2D eigenvalue weighted by atomic mass is 35.5. The number of anilines is 1. The van der Waals surface area contributed by atoms with Gasteiger partial charge < -0.3 is 11.1 Å². The fourth-order valence-electron chi connectivity index (χ4n) is 1.04. The van der Waals surface area contributed by atoms with Gasteiger partial charge in [-0.05, 0) is 18.2 Å². The van der Waals surface area contributed by atoms with Crippen LogP contribution in [0, 0.1) is 0 Å². The zero-order valence-corrected chi connectivity index (χ0v) is 8.89. The molecule has 92 valence electrons. The minimum atomic E-state index is -4.70. The van der Waals surface area contributed by atoms with E-state index in [4.69, 9.17) is 11.6 Å². The maximum Gasteiger partial charge on any atom is 0.418 e. The summed E-state index contributed by atoms with van der Waals surface area (Å²) in [6, 6.07) is 2.72. The Kier molecular flexibility index (Phi) is 3.62. The van der Waals surface area contributed by atoms with Crippen molar-refractivity contribution in [3.05, 3.63) is 28.8 Å². The van der Waals surface area contributed by atoms with Crippen LogP contribution in [0.4, 0.5) is 18.9 Å². The Morgan fingerprint density at radius 2 is 1.88 bits per heavy atom. The summed E-state index contributed by atoms with van der Waals surface area (Å²) in [6.07, 6.45) is -4.70. The summed E-state index contributed by atoms with van der Waals surface area (Å²) in [7, 11) is 0. The predicted molar refractivity (Wildman–Crippen MR) is 54.3 cm³/mol. The maximum atomic E-state index is 12.6. The van der Waals surface area contributed by atoms with Gasteiger partial charge in [-0.25, -0.2) is 0 Å². The molecule has 2 amide bonds.